The summed E-state index contributed by atoms with van der Waals surface area (Å²) in [7, 11) is -3.35. The normalized spacial score (nSPS) is 19.4. The lowest BCUT2D eigenvalue weighted by Gasteiger charge is -2.38. The number of nitrogens with one attached hydrogen (secondary N) is 1. The number of hydrogen-bond donors (Lipinski definition) is 2. The molecule has 2 aromatic carbocycles. The Hall–Kier alpha value is -2.75. The van der Waals surface area contributed by atoms with Gasteiger partial charge in [-0.2, -0.15) is 4.98 Å². The molecule has 162 valence electrons. The van der Waals surface area contributed by atoms with Crippen LogP contribution in [0.5, 0.6) is 0 Å². The summed E-state index contributed by atoms with van der Waals surface area (Å²) >= 11 is 0. The lowest BCUT2D eigenvalue weighted by atomic mass is 9.99. The van der Waals surface area contributed by atoms with Crippen LogP contribution in [0.15, 0.2) is 47.4 Å². The van der Waals surface area contributed by atoms with Gasteiger partial charge in [0.25, 0.3) is 0 Å². The standard InChI is InChI=1S/C22H25N5O3S/c1-15-7-8-17-16(11-15)20(24-12-22(23)13-30-14-22)26-21(25-17)27-9-4-10-31(28,29)19-6-3-2-5-18(19)27/h2-3,5-8,11H,4,9-10,12-14,23H2,1H3,(H,24,25,26). The van der Waals surface area contributed by atoms with E-state index in [1.54, 1.807) is 12.1 Å². The minimum atomic E-state index is -3.35. The second-order valence-electron chi connectivity index (χ2n) is 8.39. The highest BCUT2D eigenvalue weighted by atomic mass is 32.2. The van der Waals surface area contributed by atoms with Crippen molar-refractivity contribution >= 4 is 38.2 Å². The smallest absolute Gasteiger partial charge is 0.232 e. The summed E-state index contributed by atoms with van der Waals surface area (Å²) in [4.78, 5) is 11.8. The molecule has 1 saturated heterocycles. The first-order chi connectivity index (χ1) is 14.8. The molecule has 0 atom stereocenters. The fourth-order valence-corrected chi connectivity index (χ4v) is 5.52. The molecule has 0 radical (unpaired) electrons. The monoisotopic (exact) mass is 439 g/mol. The number of ether oxygens (including phenoxy) is 1. The fraction of sp³-hybridized carbons (Fsp3) is 0.364. The van der Waals surface area contributed by atoms with E-state index in [0.717, 1.165) is 16.5 Å². The summed E-state index contributed by atoms with van der Waals surface area (Å²) in [6.07, 6.45) is 0.498. The van der Waals surface area contributed by atoms with E-state index in [9.17, 15) is 8.42 Å². The summed E-state index contributed by atoms with van der Waals surface area (Å²) in [6, 6.07) is 13.1. The topological polar surface area (TPSA) is 110 Å². The zero-order valence-corrected chi connectivity index (χ0v) is 18.2. The van der Waals surface area contributed by atoms with E-state index in [4.69, 9.17) is 20.4 Å². The highest BCUT2D eigenvalue weighted by Gasteiger charge is 2.34. The molecule has 1 aromatic heterocycles. The molecule has 9 heteroatoms. The van der Waals surface area contributed by atoms with Crippen molar-refractivity contribution in [3.05, 3.63) is 48.0 Å². The zero-order chi connectivity index (χ0) is 21.6. The number of hydrogen-bond acceptors (Lipinski definition) is 8. The summed E-state index contributed by atoms with van der Waals surface area (Å²) in [6.45, 7) is 4.08. The minimum Gasteiger partial charge on any atom is -0.377 e. The van der Waals surface area contributed by atoms with Crippen LogP contribution in [0, 0.1) is 6.92 Å². The third kappa shape index (κ3) is 3.73. The fourth-order valence-electron chi connectivity index (χ4n) is 4.01. The number of benzene rings is 2. The van der Waals surface area contributed by atoms with E-state index >= 15 is 0 Å². The first-order valence-electron chi connectivity index (χ1n) is 10.3. The maximum absolute atomic E-state index is 12.7. The van der Waals surface area contributed by atoms with Crippen LogP contribution >= 0.6 is 0 Å². The SMILES string of the molecule is Cc1ccc2nc(N3CCCS(=O)(=O)c4ccccc43)nc(NCC3(N)COC3)c2c1. The van der Waals surface area contributed by atoms with Gasteiger partial charge in [-0.15, -0.1) is 0 Å². The Morgan fingerprint density at radius 1 is 1.19 bits per heavy atom. The maximum Gasteiger partial charge on any atom is 0.232 e. The number of aryl methyl sites for hydroxylation is 1. The van der Waals surface area contributed by atoms with Gasteiger partial charge in [0.2, 0.25) is 5.95 Å². The van der Waals surface area contributed by atoms with Crippen LogP contribution in [0.2, 0.25) is 0 Å². The summed E-state index contributed by atoms with van der Waals surface area (Å²) in [5.41, 5.74) is 8.40. The van der Waals surface area contributed by atoms with Gasteiger partial charge in [0.1, 0.15) is 5.82 Å². The Morgan fingerprint density at radius 2 is 2.00 bits per heavy atom. The quantitative estimate of drug-likeness (QED) is 0.638. The first-order valence-corrected chi connectivity index (χ1v) is 12.0. The van der Waals surface area contributed by atoms with Gasteiger partial charge in [-0.25, -0.2) is 13.4 Å². The molecular formula is C22H25N5O3S. The molecule has 3 aromatic rings. The molecule has 2 aliphatic rings. The van der Waals surface area contributed by atoms with Crippen LogP contribution in [-0.4, -0.2) is 56.0 Å². The van der Waals surface area contributed by atoms with Crippen molar-refractivity contribution in [1.82, 2.24) is 9.97 Å². The lowest BCUT2D eigenvalue weighted by Crippen LogP contribution is -2.61. The van der Waals surface area contributed by atoms with Crippen LogP contribution in [0.3, 0.4) is 0 Å². The van der Waals surface area contributed by atoms with Gasteiger partial charge >= 0.3 is 0 Å². The van der Waals surface area contributed by atoms with Gasteiger partial charge in [0, 0.05) is 18.5 Å². The van der Waals surface area contributed by atoms with Crippen molar-refractivity contribution in [3.63, 3.8) is 0 Å². The molecule has 0 amide bonds. The van der Waals surface area contributed by atoms with Crippen LogP contribution < -0.4 is 16.0 Å². The average Bonchev–Trinajstić information content (AvgIpc) is 2.87. The summed E-state index contributed by atoms with van der Waals surface area (Å²) < 4.78 is 30.7. The highest BCUT2D eigenvalue weighted by Crippen LogP contribution is 2.35. The molecule has 3 N–H and O–H groups in total. The third-order valence-corrected chi connectivity index (χ3v) is 7.60. The number of para-hydroxylation sites is 1. The number of anilines is 3. The molecule has 5 rings (SSSR count). The van der Waals surface area contributed by atoms with Crippen molar-refractivity contribution in [1.29, 1.82) is 0 Å². The highest BCUT2D eigenvalue weighted by molar-refractivity contribution is 7.91. The van der Waals surface area contributed by atoms with Crippen molar-refractivity contribution in [2.24, 2.45) is 5.73 Å². The Labute approximate surface area is 181 Å². The third-order valence-electron chi connectivity index (χ3n) is 5.75. The number of sulfone groups is 1. The Morgan fingerprint density at radius 3 is 2.77 bits per heavy atom. The lowest BCUT2D eigenvalue weighted by molar-refractivity contribution is -0.0461. The number of fused-ring (bicyclic) bond motifs is 2. The second-order valence-corrected chi connectivity index (χ2v) is 10.5. The van der Waals surface area contributed by atoms with Crippen molar-refractivity contribution in [2.45, 2.75) is 23.8 Å². The van der Waals surface area contributed by atoms with Gasteiger partial charge in [-0.3, -0.25) is 0 Å². The Kier molecular flexibility index (Phi) is 4.84. The van der Waals surface area contributed by atoms with Crippen molar-refractivity contribution in [3.8, 4) is 0 Å². The molecule has 0 unspecified atom stereocenters. The van der Waals surface area contributed by atoms with Gasteiger partial charge in [0.05, 0.1) is 40.6 Å². The minimum absolute atomic E-state index is 0.105. The van der Waals surface area contributed by atoms with Gasteiger partial charge in [-0.1, -0.05) is 23.8 Å². The molecule has 2 aliphatic heterocycles. The molecule has 0 saturated carbocycles. The molecule has 0 bridgehead atoms. The van der Waals surface area contributed by atoms with Crippen LogP contribution in [0.25, 0.3) is 10.9 Å². The maximum atomic E-state index is 12.7. The number of nitrogens with two attached hydrogens (primary N) is 1. The van der Waals surface area contributed by atoms with Crippen LogP contribution in [0.1, 0.15) is 12.0 Å². The van der Waals surface area contributed by atoms with E-state index in [-0.39, 0.29) is 5.75 Å². The molecule has 1 fully saturated rings. The van der Waals surface area contributed by atoms with Crippen LogP contribution in [-0.2, 0) is 14.6 Å². The van der Waals surface area contributed by atoms with Gasteiger partial charge in [0.15, 0.2) is 9.84 Å². The predicted octanol–water partition coefficient (Wildman–Crippen LogP) is 2.39. The average molecular weight is 440 g/mol. The van der Waals surface area contributed by atoms with E-state index < -0.39 is 15.4 Å². The van der Waals surface area contributed by atoms with Gasteiger partial charge < -0.3 is 20.7 Å². The van der Waals surface area contributed by atoms with Crippen molar-refractivity contribution in [2.75, 3.05) is 42.3 Å². The molecule has 8 nitrogen and oxygen atoms in total. The van der Waals surface area contributed by atoms with E-state index in [0.29, 0.717) is 55.1 Å². The largest absolute Gasteiger partial charge is 0.377 e. The zero-order valence-electron chi connectivity index (χ0n) is 17.3. The Bertz CT molecular complexity index is 1260. The summed E-state index contributed by atoms with van der Waals surface area (Å²) in [5.74, 6) is 1.26. The second kappa shape index (κ2) is 7.44. The number of rotatable bonds is 4. The number of nitrogens with zero attached hydrogens (tertiary/aromatic N) is 3. The molecule has 0 aliphatic carbocycles. The van der Waals surface area contributed by atoms with E-state index in [1.807, 2.05) is 42.2 Å². The van der Waals surface area contributed by atoms with Crippen LogP contribution in [0.4, 0.5) is 17.5 Å². The van der Waals surface area contributed by atoms with E-state index in [2.05, 4.69) is 5.32 Å². The predicted molar refractivity (Wildman–Crippen MR) is 121 cm³/mol. The Balaban J connectivity index is 1.62. The van der Waals surface area contributed by atoms with Gasteiger partial charge in [-0.05, 0) is 37.6 Å². The molecular weight excluding hydrogens is 414 g/mol. The van der Waals surface area contributed by atoms with E-state index in [1.165, 1.54) is 0 Å². The first kappa shape index (κ1) is 20.2. The van der Waals surface area contributed by atoms with Crippen molar-refractivity contribution < 1.29 is 13.2 Å². The number of aromatic nitrogens is 2. The molecule has 3 heterocycles. The molecule has 0 spiro atoms. The molecule has 31 heavy (non-hydrogen) atoms. The summed E-state index contributed by atoms with van der Waals surface area (Å²) in [5, 5.41) is 4.30.